The summed E-state index contributed by atoms with van der Waals surface area (Å²) in [7, 11) is 0. The van der Waals surface area contributed by atoms with Crippen molar-refractivity contribution in [2.75, 3.05) is 6.54 Å². The highest BCUT2D eigenvalue weighted by Crippen LogP contribution is 2.18. The van der Waals surface area contributed by atoms with Crippen molar-refractivity contribution in [3.05, 3.63) is 16.7 Å². The van der Waals surface area contributed by atoms with Gasteiger partial charge in [-0.15, -0.1) is 9.73 Å². The van der Waals surface area contributed by atoms with Crippen molar-refractivity contribution >= 4 is 24.0 Å². The van der Waals surface area contributed by atoms with Crippen LogP contribution in [0.2, 0.25) is 0 Å². The number of carbonyl (C=O) groups is 2. The topological polar surface area (TPSA) is 80.5 Å². The molecule has 20 heavy (non-hydrogen) atoms. The van der Waals surface area contributed by atoms with Crippen molar-refractivity contribution in [3.8, 4) is 0 Å². The van der Waals surface area contributed by atoms with E-state index in [1.807, 2.05) is 13.8 Å². The van der Waals surface area contributed by atoms with Crippen LogP contribution in [0, 0.1) is 6.92 Å². The highest BCUT2D eigenvalue weighted by Gasteiger charge is 2.31. The first-order valence-electron chi connectivity index (χ1n) is 6.52. The summed E-state index contributed by atoms with van der Waals surface area (Å²) in [6.07, 6.45) is 0.609. The van der Waals surface area contributed by atoms with E-state index in [0.29, 0.717) is 30.9 Å². The molecule has 2 aromatic heterocycles. The first-order valence-corrected chi connectivity index (χ1v) is 6.52. The number of hydrogen-bond acceptors (Lipinski definition) is 5. The quantitative estimate of drug-likeness (QED) is 0.724. The lowest BCUT2D eigenvalue weighted by atomic mass is 10.1. The number of aryl methyl sites for hydroxylation is 1. The van der Waals surface area contributed by atoms with Crippen LogP contribution in [0.5, 0.6) is 0 Å². The molecule has 0 spiro atoms. The van der Waals surface area contributed by atoms with Gasteiger partial charge in [0, 0.05) is 30.5 Å². The maximum absolute atomic E-state index is 11.6. The van der Waals surface area contributed by atoms with Gasteiger partial charge in [0.2, 0.25) is 11.8 Å². The van der Waals surface area contributed by atoms with Crippen LogP contribution < -0.4 is 5.22 Å². The molecule has 1 atom stereocenters. The van der Waals surface area contributed by atoms with E-state index in [4.69, 9.17) is 0 Å². The first kappa shape index (κ1) is 12.7. The number of aromatic nitrogens is 4. The smallest absolute Gasteiger partial charge is 0.229 e. The molecule has 1 fully saturated rings. The molecule has 1 aliphatic rings. The van der Waals surface area contributed by atoms with Crippen LogP contribution in [0.25, 0.3) is 12.2 Å². The summed E-state index contributed by atoms with van der Waals surface area (Å²) >= 11 is 0. The second kappa shape index (κ2) is 4.36. The molecule has 7 nitrogen and oxygen atoms in total. The van der Waals surface area contributed by atoms with Gasteiger partial charge in [0.05, 0.1) is 5.69 Å². The van der Waals surface area contributed by atoms with Crippen molar-refractivity contribution in [2.45, 2.75) is 32.6 Å². The second-order valence-electron chi connectivity index (χ2n) is 5.15. The number of likely N-dealkylation sites (tertiary alicyclic amines) is 1. The Labute approximate surface area is 115 Å². The van der Waals surface area contributed by atoms with Crippen LogP contribution >= 0.6 is 0 Å². The van der Waals surface area contributed by atoms with Crippen LogP contribution in [0.4, 0.5) is 0 Å². The van der Waals surface area contributed by atoms with E-state index in [9.17, 15) is 9.59 Å². The molecule has 0 radical (unpaired) electrons. The summed E-state index contributed by atoms with van der Waals surface area (Å²) in [6.45, 7) is 7.96. The number of fused-ring (bicyclic) bond motifs is 1. The van der Waals surface area contributed by atoms with Gasteiger partial charge in [0.1, 0.15) is 0 Å². The Morgan fingerprint density at radius 3 is 2.50 bits per heavy atom. The third-order valence-corrected chi connectivity index (χ3v) is 3.61. The number of amides is 2. The van der Waals surface area contributed by atoms with Crippen LogP contribution in [-0.2, 0) is 9.59 Å². The van der Waals surface area contributed by atoms with Crippen molar-refractivity contribution in [1.82, 2.24) is 24.7 Å². The van der Waals surface area contributed by atoms with Gasteiger partial charge in [-0.3, -0.25) is 14.5 Å². The highest BCUT2D eigenvalue weighted by atomic mass is 16.2. The molecular formula is C13H15N5O2. The third kappa shape index (κ3) is 1.86. The summed E-state index contributed by atoms with van der Waals surface area (Å²) in [6, 6.07) is 0. The molecule has 0 saturated carbocycles. The van der Waals surface area contributed by atoms with Crippen molar-refractivity contribution in [1.29, 1.82) is 0 Å². The van der Waals surface area contributed by atoms with E-state index in [-0.39, 0.29) is 17.7 Å². The van der Waals surface area contributed by atoms with Crippen molar-refractivity contribution < 1.29 is 9.59 Å². The highest BCUT2D eigenvalue weighted by molar-refractivity contribution is 6.01. The minimum absolute atomic E-state index is 0.119. The molecule has 1 unspecified atom stereocenters. The van der Waals surface area contributed by atoms with Gasteiger partial charge < -0.3 is 0 Å². The summed E-state index contributed by atoms with van der Waals surface area (Å²) in [4.78, 5) is 28.9. The lowest BCUT2D eigenvalue weighted by Gasteiger charge is -2.16. The number of nitrogens with zero attached hydrogens (tertiary/aromatic N) is 5. The normalized spacial score (nSPS) is 17.4. The van der Waals surface area contributed by atoms with Crippen molar-refractivity contribution in [2.24, 2.45) is 0 Å². The summed E-state index contributed by atoms with van der Waals surface area (Å²) in [5.74, 6) is 0.214. The van der Waals surface area contributed by atoms with Gasteiger partial charge in [-0.05, 0) is 6.92 Å². The SMILES string of the molecule is C=c1c(C)nn2nc(C(C)CN3C(=O)CCC3=O)nc12. The molecule has 0 aliphatic carbocycles. The van der Waals surface area contributed by atoms with E-state index in [1.54, 1.807) is 0 Å². The third-order valence-electron chi connectivity index (χ3n) is 3.61. The number of hydrogen-bond donors (Lipinski definition) is 0. The fraction of sp³-hybridized carbons (Fsp3) is 0.462. The summed E-state index contributed by atoms with van der Waals surface area (Å²) in [5.41, 5.74) is 1.42. The first-order chi connectivity index (χ1) is 9.47. The Kier molecular flexibility index (Phi) is 2.77. The maximum atomic E-state index is 11.6. The van der Waals surface area contributed by atoms with E-state index in [0.717, 1.165) is 10.9 Å². The second-order valence-corrected chi connectivity index (χ2v) is 5.15. The Balaban J connectivity index is 1.85. The zero-order chi connectivity index (χ0) is 14.4. The van der Waals surface area contributed by atoms with Gasteiger partial charge >= 0.3 is 0 Å². The maximum Gasteiger partial charge on any atom is 0.229 e. The summed E-state index contributed by atoms with van der Waals surface area (Å²) in [5, 5.41) is 9.26. The fourth-order valence-corrected chi connectivity index (χ4v) is 2.33. The number of rotatable bonds is 3. The molecule has 1 aliphatic heterocycles. The minimum atomic E-state index is -0.123. The van der Waals surface area contributed by atoms with Gasteiger partial charge in [-0.1, -0.05) is 13.5 Å². The molecule has 0 N–H and O–H groups in total. The lowest BCUT2D eigenvalue weighted by Crippen LogP contribution is -2.32. The number of carbonyl (C=O) groups excluding carboxylic acids is 2. The average Bonchev–Trinajstić information content (AvgIpc) is 3.02. The monoisotopic (exact) mass is 273 g/mol. The molecule has 3 heterocycles. The van der Waals surface area contributed by atoms with Crippen LogP contribution in [-0.4, -0.2) is 43.1 Å². The van der Waals surface area contributed by atoms with E-state index >= 15 is 0 Å². The van der Waals surface area contributed by atoms with E-state index in [2.05, 4.69) is 21.8 Å². The van der Waals surface area contributed by atoms with E-state index in [1.165, 1.54) is 9.53 Å². The minimum Gasteiger partial charge on any atom is -0.282 e. The largest absolute Gasteiger partial charge is 0.282 e. The fourth-order valence-electron chi connectivity index (χ4n) is 2.33. The van der Waals surface area contributed by atoms with Crippen LogP contribution in [0.15, 0.2) is 0 Å². The van der Waals surface area contributed by atoms with Crippen LogP contribution in [0.3, 0.4) is 0 Å². The predicted octanol–water partition coefficient (Wildman–Crippen LogP) is -0.186. The van der Waals surface area contributed by atoms with E-state index < -0.39 is 0 Å². The van der Waals surface area contributed by atoms with Gasteiger partial charge in [0.25, 0.3) is 0 Å². The summed E-state index contributed by atoms with van der Waals surface area (Å²) < 4.78 is 1.46. The molecular weight excluding hydrogens is 258 g/mol. The van der Waals surface area contributed by atoms with Gasteiger partial charge in [0.15, 0.2) is 11.5 Å². The Morgan fingerprint density at radius 1 is 1.25 bits per heavy atom. The molecule has 7 heteroatoms. The standard InChI is InChI=1S/C13H15N5O2/c1-7(6-17-10(19)4-5-11(17)20)12-14-13-8(2)9(3)15-18(13)16-12/h7H,2,4-6H2,1,3H3. The molecule has 104 valence electrons. The van der Waals surface area contributed by atoms with Gasteiger partial charge in [-0.25, -0.2) is 4.98 Å². The predicted molar refractivity (Wildman–Crippen MR) is 70.6 cm³/mol. The molecule has 0 aromatic carbocycles. The van der Waals surface area contributed by atoms with Crippen LogP contribution in [0.1, 0.15) is 37.2 Å². The zero-order valence-corrected chi connectivity index (χ0v) is 11.5. The molecule has 1 saturated heterocycles. The Morgan fingerprint density at radius 2 is 1.90 bits per heavy atom. The number of imide groups is 1. The van der Waals surface area contributed by atoms with Gasteiger partial charge in [-0.2, -0.15) is 5.10 Å². The lowest BCUT2D eigenvalue weighted by molar-refractivity contribution is -0.138. The average molecular weight is 273 g/mol. The zero-order valence-electron chi connectivity index (χ0n) is 11.5. The van der Waals surface area contributed by atoms with Crippen molar-refractivity contribution in [3.63, 3.8) is 0 Å². The molecule has 2 aromatic rings. The Hall–Kier alpha value is -2.31. The molecule has 2 amide bonds. The molecule has 0 bridgehead atoms. The molecule has 3 rings (SSSR count). The Bertz CT molecular complexity index is 734.